The first-order valence-electron chi connectivity index (χ1n) is 4.39. The van der Waals surface area contributed by atoms with Gasteiger partial charge in [0.25, 0.3) is 0 Å². The maximum atomic E-state index is 9.16. The second kappa shape index (κ2) is 1.79. The summed E-state index contributed by atoms with van der Waals surface area (Å²) < 4.78 is 5.51. The Morgan fingerprint density at radius 1 is 1.64 bits per heavy atom. The molecule has 3 aliphatic heterocycles. The normalized spacial score (nSPS) is 54.3. The predicted molar refractivity (Wildman–Crippen MR) is 39.3 cm³/mol. The molecule has 0 saturated carbocycles. The van der Waals surface area contributed by atoms with Gasteiger partial charge in [0, 0.05) is 12.6 Å². The molecular formula is C8H13NO2. The molecule has 1 unspecified atom stereocenters. The number of aliphatic hydroxyl groups is 1. The van der Waals surface area contributed by atoms with E-state index in [4.69, 9.17) is 9.84 Å². The highest BCUT2D eigenvalue weighted by atomic mass is 16.6. The lowest BCUT2D eigenvalue weighted by atomic mass is 9.99. The van der Waals surface area contributed by atoms with Crippen LogP contribution in [-0.4, -0.2) is 47.4 Å². The fraction of sp³-hybridized carbons (Fsp3) is 1.00. The number of rotatable bonds is 1. The van der Waals surface area contributed by atoms with E-state index in [1.54, 1.807) is 0 Å². The minimum atomic E-state index is -0.115. The van der Waals surface area contributed by atoms with E-state index in [0.29, 0.717) is 12.1 Å². The lowest BCUT2D eigenvalue weighted by Crippen LogP contribution is -2.37. The van der Waals surface area contributed by atoms with Gasteiger partial charge in [-0.1, -0.05) is 0 Å². The molecule has 0 amide bonds. The Hall–Kier alpha value is -0.120. The van der Waals surface area contributed by atoms with Crippen molar-refractivity contribution in [2.75, 3.05) is 19.7 Å². The van der Waals surface area contributed by atoms with E-state index < -0.39 is 0 Å². The topological polar surface area (TPSA) is 36.0 Å². The molecule has 1 N–H and O–H groups in total. The molecule has 3 heteroatoms. The summed E-state index contributed by atoms with van der Waals surface area (Å²) in [6, 6.07) is 0.539. The highest BCUT2D eigenvalue weighted by Crippen LogP contribution is 2.51. The van der Waals surface area contributed by atoms with Crippen molar-refractivity contribution < 1.29 is 9.84 Å². The van der Waals surface area contributed by atoms with Crippen LogP contribution in [0.4, 0.5) is 0 Å². The van der Waals surface area contributed by atoms with Crippen molar-refractivity contribution in [3.05, 3.63) is 0 Å². The molecule has 0 radical (unpaired) electrons. The fourth-order valence-electron chi connectivity index (χ4n) is 2.77. The minimum absolute atomic E-state index is 0.115. The van der Waals surface area contributed by atoms with E-state index in [0.717, 1.165) is 6.54 Å². The van der Waals surface area contributed by atoms with Gasteiger partial charge in [-0.15, -0.1) is 0 Å². The van der Waals surface area contributed by atoms with Crippen molar-refractivity contribution in [2.45, 2.75) is 30.6 Å². The summed E-state index contributed by atoms with van der Waals surface area (Å²) in [4.78, 5) is 2.46. The summed E-state index contributed by atoms with van der Waals surface area (Å²) >= 11 is 0. The van der Waals surface area contributed by atoms with Crippen LogP contribution < -0.4 is 0 Å². The molecule has 0 aliphatic carbocycles. The minimum Gasteiger partial charge on any atom is -0.393 e. The summed E-state index contributed by atoms with van der Waals surface area (Å²) in [7, 11) is 0. The van der Waals surface area contributed by atoms with Gasteiger partial charge < -0.3 is 9.84 Å². The third-order valence-electron chi connectivity index (χ3n) is 3.42. The van der Waals surface area contributed by atoms with Gasteiger partial charge in [0.15, 0.2) is 0 Å². The monoisotopic (exact) mass is 155 g/mol. The van der Waals surface area contributed by atoms with Crippen LogP contribution in [-0.2, 0) is 4.74 Å². The van der Waals surface area contributed by atoms with Crippen LogP contribution in [0.25, 0.3) is 0 Å². The molecule has 0 spiro atoms. The van der Waals surface area contributed by atoms with Crippen LogP contribution in [0.2, 0.25) is 0 Å². The third-order valence-corrected chi connectivity index (χ3v) is 3.42. The van der Waals surface area contributed by atoms with Crippen LogP contribution in [0.3, 0.4) is 0 Å². The Bertz CT molecular complexity index is 193. The number of morpholine rings is 1. The molecule has 3 rings (SSSR count). The third kappa shape index (κ3) is 0.604. The summed E-state index contributed by atoms with van der Waals surface area (Å²) in [6.07, 6.45) is 2.86. The molecule has 3 aliphatic rings. The first-order valence-corrected chi connectivity index (χ1v) is 4.39. The Kier molecular flexibility index (Phi) is 1.04. The zero-order valence-corrected chi connectivity index (χ0v) is 6.49. The van der Waals surface area contributed by atoms with Crippen LogP contribution in [0.1, 0.15) is 12.8 Å². The largest absolute Gasteiger partial charge is 0.393 e. The highest BCUT2D eigenvalue weighted by molar-refractivity contribution is 5.19. The van der Waals surface area contributed by atoms with Gasteiger partial charge >= 0.3 is 0 Å². The van der Waals surface area contributed by atoms with Gasteiger partial charge in [-0.3, -0.25) is 4.90 Å². The first kappa shape index (κ1) is 6.40. The van der Waals surface area contributed by atoms with Crippen molar-refractivity contribution in [3.8, 4) is 0 Å². The quantitative estimate of drug-likeness (QED) is 0.523. The summed E-state index contributed by atoms with van der Waals surface area (Å²) in [5.41, 5.74) is -0.115. The Balaban J connectivity index is 1.89. The molecule has 0 aromatic carbocycles. The van der Waals surface area contributed by atoms with Gasteiger partial charge in [0.2, 0.25) is 0 Å². The molecule has 3 heterocycles. The molecule has 3 atom stereocenters. The smallest absolute Gasteiger partial charge is 0.134 e. The van der Waals surface area contributed by atoms with Gasteiger partial charge in [-0.2, -0.15) is 0 Å². The first-order chi connectivity index (χ1) is 5.37. The summed E-state index contributed by atoms with van der Waals surface area (Å²) in [6.45, 7) is 2.50. The van der Waals surface area contributed by atoms with Crippen molar-refractivity contribution in [1.82, 2.24) is 4.90 Å². The van der Waals surface area contributed by atoms with E-state index in [-0.39, 0.29) is 12.2 Å². The van der Waals surface area contributed by atoms with E-state index in [2.05, 4.69) is 4.90 Å². The molecular weight excluding hydrogens is 142 g/mol. The average Bonchev–Trinajstić information content (AvgIpc) is 2.44. The average molecular weight is 155 g/mol. The second-order valence-electron chi connectivity index (χ2n) is 3.87. The zero-order valence-electron chi connectivity index (χ0n) is 6.49. The van der Waals surface area contributed by atoms with Crippen molar-refractivity contribution >= 4 is 0 Å². The Labute approximate surface area is 65.9 Å². The van der Waals surface area contributed by atoms with E-state index in [1.807, 2.05) is 0 Å². The number of fused-ring (bicyclic) bond motifs is 3. The molecule has 3 saturated heterocycles. The number of ether oxygens (including phenoxy) is 1. The second-order valence-corrected chi connectivity index (χ2v) is 3.87. The van der Waals surface area contributed by atoms with Gasteiger partial charge in [0.05, 0.1) is 6.61 Å². The Morgan fingerprint density at radius 2 is 2.55 bits per heavy atom. The standard InChI is InChI=1S/C8H13NO2/c10-5-8-6-2-1-3-9(6)4-7(8)11-8/h6-7,10H,1-5H2/t6?,7-,8+/m0/s1. The predicted octanol–water partition coefficient (Wildman–Crippen LogP) is -0.406. The number of nitrogens with zero attached hydrogens (tertiary/aromatic N) is 1. The molecule has 0 aromatic rings. The van der Waals surface area contributed by atoms with Gasteiger partial charge in [0.1, 0.15) is 11.7 Å². The van der Waals surface area contributed by atoms with Gasteiger partial charge in [-0.05, 0) is 19.4 Å². The molecule has 62 valence electrons. The SMILES string of the molecule is OC[C@]12O[C@H]1CN1CCCC12. The van der Waals surface area contributed by atoms with Crippen LogP contribution in [0, 0.1) is 0 Å². The summed E-state index contributed by atoms with van der Waals surface area (Å²) in [5.74, 6) is 0. The van der Waals surface area contributed by atoms with E-state index in [9.17, 15) is 0 Å². The number of epoxide rings is 1. The summed E-state index contributed by atoms with van der Waals surface area (Å²) in [5, 5.41) is 9.16. The molecule has 11 heavy (non-hydrogen) atoms. The number of hydrogen-bond donors (Lipinski definition) is 1. The van der Waals surface area contributed by atoms with Crippen LogP contribution in [0.5, 0.6) is 0 Å². The highest BCUT2D eigenvalue weighted by Gasteiger charge is 2.68. The van der Waals surface area contributed by atoms with E-state index >= 15 is 0 Å². The van der Waals surface area contributed by atoms with Crippen molar-refractivity contribution in [3.63, 3.8) is 0 Å². The molecule has 0 bridgehead atoms. The maximum Gasteiger partial charge on any atom is 0.134 e. The van der Waals surface area contributed by atoms with Crippen LogP contribution in [0.15, 0.2) is 0 Å². The van der Waals surface area contributed by atoms with Crippen molar-refractivity contribution in [2.24, 2.45) is 0 Å². The molecule has 3 nitrogen and oxygen atoms in total. The fourth-order valence-corrected chi connectivity index (χ4v) is 2.77. The zero-order chi connectivity index (χ0) is 7.47. The molecule has 0 aromatic heterocycles. The lowest BCUT2D eigenvalue weighted by molar-refractivity contribution is 0.0839. The number of hydrogen-bond acceptors (Lipinski definition) is 3. The Morgan fingerprint density at radius 3 is 3.36 bits per heavy atom. The van der Waals surface area contributed by atoms with Gasteiger partial charge in [-0.25, -0.2) is 0 Å². The van der Waals surface area contributed by atoms with E-state index in [1.165, 1.54) is 19.4 Å². The lowest BCUT2D eigenvalue weighted by Gasteiger charge is -2.21. The number of aliphatic hydroxyl groups excluding tert-OH is 1. The van der Waals surface area contributed by atoms with Crippen LogP contribution >= 0.6 is 0 Å². The van der Waals surface area contributed by atoms with Crippen molar-refractivity contribution in [1.29, 1.82) is 0 Å². The molecule has 3 fully saturated rings. The maximum absolute atomic E-state index is 9.16.